The molecule has 0 saturated carbocycles. The van der Waals surface area contributed by atoms with Gasteiger partial charge in [-0.25, -0.2) is 0 Å². The molecule has 6 heteroatoms. The third-order valence-electron chi connectivity index (χ3n) is 5.30. The molecule has 0 aliphatic rings. The predicted molar refractivity (Wildman–Crippen MR) is 128 cm³/mol. The zero-order valence-corrected chi connectivity index (χ0v) is 20.6. The van der Waals surface area contributed by atoms with E-state index in [0.29, 0.717) is 12.3 Å². The Hall–Kier alpha value is -2.34. The first-order chi connectivity index (χ1) is 14.7. The van der Waals surface area contributed by atoms with E-state index in [0.717, 1.165) is 22.0 Å². The highest BCUT2D eigenvalue weighted by Crippen LogP contribution is 2.26. The maximum atomic E-state index is 13.2. The first-order valence-electron chi connectivity index (χ1n) is 10.8. The number of hydrogen-bond acceptors (Lipinski definition) is 3. The zero-order chi connectivity index (χ0) is 23.0. The molecule has 0 radical (unpaired) electrons. The van der Waals surface area contributed by atoms with Gasteiger partial charge in [0.15, 0.2) is 6.61 Å². The second kappa shape index (κ2) is 11.9. The highest BCUT2D eigenvalue weighted by Gasteiger charge is 2.27. The van der Waals surface area contributed by atoms with E-state index in [-0.39, 0.29) is 30.4 Å². The molecule has 0 fully saturated rings. The fourth-order valence-corrected chi connectivity index (χ4v) is 3.64. The normalized spacial score (nSPS) is 12.9. The van der Waals surface area contributed by atoms with Crippen molar-refractivity contribution >= 4 is 27.7 Å². The molecular weight excluding hydrogens is 456 g/mol. The summed E-state index contributed by atoms with van der Waals surface area (Å²) in [6.45, 7) is 10.1. The van der Waals surface area contributed by atoms with Gasteiger partial charge in [-0.05, 0) is 55.5 Å². The molecule has 2 aromatic carbocycles. The predicted octanol–water partition coefficient (Wildman–Crippen LogP) is 5.28. The van der Waals surface area contributed by atoms with Crippen molar-refractivity contribution in [3.8, 4) is 5.75 Å². The van der Waals surface area contributed by atoms with Crippen LogP contribution in [-0.4, -0.2) is 35.4 Å². The van der Waals surface area contributed by atoms with E-state index < -0.39 is 6.04 Å². The SMILES string of the molecule is CCC(C)NC(=O)C(C)N(Cc1cccc(Br)c1)C(=O)COc1ccccc1C(C)C. The largest absolute Gasteiger partial charge is 0.483 e. The zero-order valence-electron chi connectivity index (χ0n) is 19.0. The maximum Gasteiger partial charge on any atom is 0.261 e. The molecule has 168 valence electrons. The number of carbonyl (C=O) groups is 2. The van der Waals surface area contributed by atoms with Gasteiger partial charge >= 0.3 is 0 Å². The second-order valence-electron chi connectivity index (χ2n) is 8.13. The van der Waals surface area contributed by atoms with E-state index in [1.54, 1.807) is 11.8 Å². The Morgan fingerprint density at radius 2 is 1.77 bits per heavy atom. The van der Waals surface area contributed by atoms with Crippen LogP contribution < -0.4 is 10.1 Å². The number of para-hydroxylation sites is 1. The minimum Gasteiger partial charge on any atom is -0.483 e. The van der Waals surface area contributed by atoms with Crippen LogP contribution >= 0.6 is 15.9 Å². The number of nitrogens with one attached hydrogen (secondary N) is 1. The average Bonchev–Trinajstić information content (AvgIpc) is 2.75. The number of halogens is 1. The molecule has 2 amide bonds. The first kappa shape index (κ1) is 24.9. The molecule has 2 rings (SSSR count). The number of ether oxygens (including phenoxy) is 1. The van der Waals surface area contributed by atoms with E-state index in [1.807, 2.05) is 62.4 Å². The average molecular weight is 489 g/mol. The lowest BCUT2D eigenvalue weighted by molar-refractivity contribution is -0.142. The minimum absolute atomic E-state index is 0.0481. The van der Waals surface area contributed by atoms with Crippen LogP contribution in [0.1, 0.15) is 58.1 Å². The van der Waals surface area contributed by atoms with Gasteiger partial charge in [0.25, 0.3) is 5.91 Å². The smallest absolute Gasteiger partial charge is 0.261 e. The van der Waals surface area contributed by atoms with Crippen LogP contribution in [0.3, 0.4) is 0 Å². The van der Waals surface area contributed by atoms with Crippen LogP contribution in [-0.2, 0) is 16.1 Å². The first-order valence-corrected chi connectivity index (χ1v) is 11.6. The van der Waals surface area contributed by atoms with Crippen molar-refractivity contribution in [2.45, 2.75) is 65.6 Å². The fraction of sp³-hybridized carbons (Fsp3) is 0.440. The molecule has 0 heterocycles. The number of benzene rings is 2. The van der Waals surface area contributed by atoms with Gasteiger partial charge in [-0.2, -0.15) is 0 Å². The number of hydrogen-bond donors (Lipinski definition) is 1. The van der Waals surface area contributed by atoms with E-state index in [2.05, 4.69) is 35.1 Å². The number of rotatable bonds is 10. The molecule has 0 aliphatic carbocycles. The van der Waals surface area contributed by atoms with Crippen LogP contribution in [0.15, 0.2) is 53.0 Å². The maximum absolute atomic E-state index is 13.2. The molecule has 0 spiro atoms. The van der Waals surface area contributed by atoms with E-state index in [9.17, 15) is 9.59 Å². The van der Waals surface area contributed by atoms with Crippen LogP contribution in [0.5, 0.6) is 5.75 Å². The number of carbonyl (C=O) groups excluding carboxylic acids is 2. The van der Waals surface area contributed by atoms with Crippen molar-refractivity contribution in [1.29, 1.82) is 0 Å². The molecule has 5 nitrogen and oxygen atoms in total. The van der Waals surface area contributed by atoms with Gasteiger partial charge in [-0.1, -0.05) is 67.0 Å². The van der Waals surface area contributed by atoms with Crippen LogP contribution in [0.25, 0.3) is 0 Å². The highest BCUT2D eigenvalue weighted by atomic mass is 79.9. The van der Waals surface area contributed by atoms with E-state index in [4.69, 9.17) is 4.74 Å². The molecule has 0 bridgehead atoms. The quantitative estimate of drug-likeness (QED) is 0.494. The summed E-state index contributed by atoms with van der Waals surface area (Å²) in [5.41, 5.74) is 1.99. The number of amides is 2. The van der Waals surface area contributed by atoms with Crippen LogP contribution in [0.4, 0.5) is 0 Å². The van der Waals surface area contributed by atoms with Gasteiger partial charge in [0.2, 0.25) is 5.91 Å². The van der Waals surface area contributed by atoms with Crippen molar-refractivity contribution in [3.05, 3.63) is 64.1 Å². The molecule has 1 N–H and O–H groups in total. The molecule has 2 unspecified atom stereocenters. The minimum atomic E-state index is -0.621. The summed E-state index contributed by atoms with van der Waals surface area (Å²) in [6.07, 6.45) is 0.827. The standard InChI is InChI=1S/C25H33BrN2O3/c1-6-18(4)27-25(30)19(5)28(15-20-10-9-11-21(26)14-20)24(29)16-31-23-13-8-7-12-22(23)17(2)3/h7-14,17-19H,6,15-16H2,1-5H3,(H,27,30). The van der Waals surface area contributed by atoms with Crippen molar-refractivity contribution in [2.24, 2.45) is 0 Å². The molecule has 0 saturated heterocycles. The highest BCUT2D eigenvalue weighted by molar-refractivity contribution is 9.10. The summed E-state index contributed by atoms with van der Waals surface area (Å²) < 4.78 is 6.83. The van der Waals surface area contributed by atoms with Crippen molar-refractivity contribution < 1.29 is 14.3 Å². The summed E-state index contributed by atoms with van der Waals surface area (Å²) in [6, 6.07) is 14.9. The Labute approximate surface area is 194 Å². The summed E-state index contributed by atoms with van der Waals surface area (Å²) in [7, 11) is 0. The third kappa shape index (κ3) is 7.39. The topological polar surface area (TPSA) is 58.6 Å². The van der Waals surface area contributed by atoms with Gasteiger partial charge < -0.3 is 15.0 Å². The Morgan fingerprint density at radius 1 is 1.06 bits per heavy atom. The van der Waals surface area contributed by atoms with E-state index >= 15 is 0 Å². The lowest BCUT2D eigenvalue weighted by Gasteiger charge is -2.30. The lowest BCUT2D eigenvalue weighted by Crippen LogP contribution is -2.50. The summed E-state index contributed by atoms with van der Waals surface area (Å²) in [5.74, 6) is 0.583. The van der Waals surface area contributed by atoms with Crippen LogP contribution in [0, 0.1) is 0 Å². The van der Waals surface area contributed by atoms with Crippen molar-refractivity contribution in [3.63, 3.8) is 0 Å². The lowest BCUT2D eigenvalue weighted by atomic mass is 10.0. The monoisotopic (exact) mass is 488 g/mol. The second-order valence-corrected chi connectivity index (χ2v) is 9.04. The Balaban J connectivity index is 2.20. The van der Waals surface area contributed by atoms with E-state index in [1.165, 1.54) is 0 Å². The molecule has 2 aromatic rings. The van der Waals surface area contributed by atoms with Crippen LogP contribution in [0.2, 0.25) is 0 Å². The van der Waals surface area contributed by atoms with Crippen molar-refractivity contribution in [1.82, 2.24) is 10.2 Å². The van der Waals surface area contributed by atoms with Gasteiger partial charge in [-0.15, -0.1) is 0 Å². The van der Waals surface area contributed by atoms with Gasteiger partial charge in [0, 0.05) is 17.1 Å². The molecule has 0 aliphatic heterocycles. The molecule has 0 aromatic heterocycles. The number of nitrogens with zero attached hydrogens (tertiary/aromatic N) is 1. The third-order valence-corrected chi connectivity index (χ3v) is 5.80. The molecule has 31 heavy (non-hydrogen) atoms. The molecular formula is C25H33BrN2O3. The van der Waals surface area contributed by atoms with Gasteiger partial charge in [-0.3, -0.25) is 9.59 Å². The Morgan fingerprint density at radius 3 is 2.42 bits per heavy atom. The fourth-order valence-electron chi connectivity index (χ4n) is 3.19. The van der Waals surface area contributed by atoms with Gasteiger partial charge in [0.1, 0.15) is 11.8 Å². The molecule has 2 atom stereocenters. The van der Waals surface area contributed by atoms with Gasteiger partial charge in [0.05, 0.1) is 0 Å². The Bertz CT molecular complexity index is 885. The van der Waals surface area contributed by atoms with Crippen molar-refractivity contribution in [2.75, 3.05) is 6.61 Å². The summed E-state index contributed by atoms with van der Waals surface area (Å²) in [4.78, 5) is 27.6. The Kier molecular flexibility index (Phi) is 9.56. The summed E-state index contributed by atoms with van der Waals surface area (Å²) >= 11 is 3.47. The summed E-state index contributed by atoms with van der Waals surface area (Å²) in [5, 5.41) is 2.98.